The van der Waals surface area contributed by atoms with Crippen LogP contribution in [0.4, 0.5) is 10.1 Å². The van der Waals surface area contributed by atoms with Crippen LogP contribution in [0, 0.1) is 24.1 Å². The lowest BCUT2D eigenvalue weighted by atomic mass is 9.84. The lowest BCUT2D eigenvalue weighted by Crippen LogP contribution is -2.54. The van der Waals surface area contributed by atoms with Gasteiger partial charge in [-0.3, -0.25) is 14.7 Å². The number of guanidine groups is 1. The molecule has 0 radical (unpaired) electrons. The van der Waals surface area contributed by atoms with Crippen molar-refractivity contribution < 1.29 is 9.18 Å². The summed E-state index contributed by atoms with van der Waals surface area (Å²) in [6, 6.07) is 12.2. The monoisotopic (exact) mass is 445 g/mol. The van der Waals surface area contributed by atoms with Gasteiger partial charge in [-0.15, -0.1) is 17.8 Å². The van der Waals surface area contributed by atoms with E-state index >= 15 is 0 Å². The van der Waals surface area contributed by atoms with Crippen LogP contribution in [0.15, 0.2) is 59.9 Å². The molecule has 0 aliphatic carbocycles. The van der Waals surface area contributed by atoms with Gasteiger partial charge < -0.3 is 10.6 Å². The normalized spacial score (nSPS) is 22.5. The molecule has 2 atom stereocenters. The van der Waals surface area contributed by atoms with E-state index in [1.807, 2.05) is 18.2 Å². The number of halogens is 1. The molecule has 4 heterocycles. The average Bonchev–Trinajstić information content (AvgIpc) is 3.45. The second-order valence-corrected chi connectivity index (χ2v) is 9.06. The van der Waals surface area contributed by atoms with E-state index in [9.17, 15) is 9.18 Å². The molecular formula is C24H20FN5OS. The van der Waals surface area contributed by atoms with E-state index in [4.69, 9.17) is 17.1 Å². The van der Waals surface area contributed by atoms with Crippen LogP contribution in [-0.2, 0) is 10.3 Å². The number of nitrogens with zero attached hydrogens (tertiary/aromatic N) is 4. The van der Waals surface area contributed by atoms with Crippen LogP contribution in [0.1, 0.15) is 10.4 Å². The summed E-state index contributed by atoms with van der Waals surface area (Å²) in [6.07, 6.45) is 8.93. The number of terminal acetylenes is 1. The first-order chi connectivity index (χ1) is 15.4. The van der Waals surface area contributed by atoms with Crippen molar-refractivity contribution in [3.63, 3.8) is 0 Å². The lowest BCUT2D eigenvalue weighted by molar-refractivity contribution is -0.132. The molecule has 5 rings (SSSR count). The van der Waals surface area contributed by atoms with Crippen LogP contribution < -0.4 is 10.6 Å². The van der Waals surface area contributed by atoms with Crippen LogP contribution in [0.3, 0.4) is 0 Å². The molecule has 2 aliphatic rings. The Hall–Kier alpha value is -3.70. The van der Waals surface area contributed by atoms with Gasteiger partial charge in [-0.2, -0.15) is 0 Å². The smallest absolute Gasteiger partial charge is 0.236 e. The summed E-state index contributed by atoms with van der Waals surface area (Å²) in [4.78, 5) is 27.7. The van der Waals surface area contributed by atoms with Crippen LogP contribution in [0.25, 0.3) is 10.4 Å². The van der Waals surface area contributed by atoms with Gasteiger partial charge in [0.2, 0.25) is 5.91 Å². The largest absolute Gasteiger partial charge is 0.369 e. The molecule has 0 bridgehead atoms. The number of carbonyl (C=O) groups is 1. The van der Waals surface area contributed by atoms with Crippen molar-refractivity contribution in [2.45, 2.75) is 5.54 Å². The molecule has 32 heavy (non-hydrogen) atoms. The third-order valence-corrected chi connectivity index (χ3v) is 7.41. The third-order valence-electron chi connectivity index (χ3n) is 6.11. The Labute approximate surface area is 189 Å². The molecule has 2 N–H and O–H groups in total. The number of anilines is 1. The number of aliphatic imine (C=N–C) groups is 1. The highest BCUT2D eigenvalue weighted by Gasteiger charge is 2.56. The van der Waals surface area contributed by atoms with E-state index in [1.54, 1.807) is 42.9 Å². The summed E-state index contributed by atoms with van der Waals surface area (Å²) < 4.78 is 13.5. The molecule has 0 saturated carbocycles. The second-order valence-electron chi connectivity index (χ2n) is 7.97. The van der Waals surface area contributed by atoms with E-state index < -0.39 is 11.5 Å². The van der Waals surface area contributed by atoms with Gasteiger partial charge in [-0.1, -0.05) is 5.92 Å². The van der Waals surface area contributed by atoms with Crippen LogP contribution >= 0.6 is 11.3 Å². The Morgan fingerprint density at radius 3 is 2.78 bits per heavy atom. The highest BCUT2D eigenvalue weighted by Crippen LogP contribution is 2.48. The number of thiophene rings is 1. The van der Waals surface area contributed by atoms with Crippen LogP contribution in [-0.4, -0.2) is 41.9 Å². The molecule has 1 amide bonds. The number of aromatic nitrogens is 1. The molecule has 2 aliphatic heterocycles. The number of hydrogen-bond donors (Lipinski definition) is 1. The maximum atomic E-state index is 13.5. The first-order valence-corrected chi connectivity index (χ1v) is 10.9. The van der Waals surface area contributed by atoms with Crippen molar-refractivity contribution in [2.24, 2.45) is 16.6 Å². The van der Waals surface area contributed by atoms with Gasteiger partial charge in [-0.25, -0.2) is 9.38 Å². The predicted molar refractivity (Wildman–Crippen MR) is 124 cm³/mol. The molecule has 1 aromatic carbocycles. The van der Waals surface area contributed by atoms with Gasteiger partial charge in [0, 0.05) is 59.1 Å². The van der Waals surface area contributed by atoms with Crippen molar-refractivity contribution in [2.75, 3.05) is 25.0 Å². The Bertz CT molecular complexity index is 1280. The van der Waals surface area contributed by atoms with Crippen molar-refractivity contribution in [3.8, 4) is 22.8 Å². The minimum atomic E-state index is -0.817. The summed E-state index contributed by atoms with van der Waals surface area (Å²) in [6.45, 7) is 0.930. The molecule has 6 nitrogen and oxygen atoms in total. The quantitative estimate of drug-likeness (QED) is 0.629. The van der Waals surface area contributed by atoms with E-state index in [-0.39, 0.29) is 17.7 Å². The maximum absolute atomic E-state index is 13.5. The van der Waals surface area contributed by atoms with Gasteiger partial charge in [0.05, 0.1) is 5.92 Å². The third kappa shape index (κ3) is 3.13. The fourth-order valence-corrected chi connectivity index (χ4v) is 5.56. The standard InChI is InChI=1S/C24H20FN5OS/c1-3-15-10-16(12-27-11-15)20-8-9-21(32-20)24-14-30(18-6-4-17(25)5-7-18)13-19(24)22(31)29(2)23(26)28-24/h1,4-12,19H,13-14H2,2H3,(H2,26,28)/t19-,24-/m0/s1. The fraction of sp³-hybridized carbons (Fsp3) is 0.208. The number of amides is 1. The van der Waals surface area contributed by atoms with Crippen molar-refractivity contribution in [1.82, 2.24) is 9.88 Å². The molecule has 1 fully saturated rings. The number of rotatable bonds is 3. The molecule has 8 heteroatoms. The van der Waals surface area contributed by atoms with Crippen molar-refractivity contribution in [3.05, 3.63) is 71.1 Å². The van der Waals surface area contributed by atoms with E-state index in [2.05, 4.69) is 15.8 Å². The first kappa shape index (κ1) is 20.2. The summed E-state index contributed by atoms with van der Waals surface area (Å²) in [7, 11) is 1.64. The van der Waals surface area contributed by atoms with E-state index in [0.29, 0.717) is 18.7 Å². The zero-order valence-corrected chi connectivity index (χ0v) is 18.1. The predicted octanol–water partition coefficient (Wildman–Crippen LogP) is 3.05. The molecule has 2 aromatic heterocycles. The topological polar surface area (TPSA) is 74.8 Å². The number of carbonyl (C=O) groups excluding carboxylic acids is 1. The van der Waals surface area contributed by atoms with Crippen molar-refractivity contribution in [1.29, 1.82) is 0 Å². The van der Waals surface area contributed by atoms with Crippen LogP contribution in [0.5, 0.6) is 0 Å². The number of fused-ring (bicyclic) bond motifs is 1. The highest BCUT2D eigenvalue weighted by atomic mass is 32.1. The van der Waals surface area contributed by atoms with Crippen molar-refractivity contribution >= 4 is 28.9 Å². The molecular weight excluding hydrogens is 425 g/mol. The Morgan fingerprint density at radius 1 is 1.25 bits per heavy atom. The minimum absolute atomic E-state index is 0.0759. The average molecular weight is 446 g/mol. The van der Waals surface area contributed by atoms with Gasteiger partial charge in [0.25, 0.3) is 0 Å². The zero-order chi connectivity index (χ0) is 22.5. The number of hydrogen-bond acceptors (Lipinski definition) is 6. The summed E-state index contributed by atoms with van der Waals surface area (Å²) in [5.41, 5.74) is 7.80. The molecule has 1 saturated heterocycles. The van der Waals surface area contributed by atoms with E-state index in [0.717, 1.165) is 21.0 Å². The highest BCUT2D eigenvalue weighted by molar-refractivity contribution is 7.15. The molecule has 160 valence electrons. The number of nitrogens with two attached hydrogens (primary N) is 1. The summed E-state index contributed by atoms with van der Waals surface area (Å²) >= 11 is 1.56. The SMILES string of the molecule is C#Cc1cncc(-c2ccc([C@]34CN(c5ccc(F)cc5)C[C@H]3C(=O)N(C)C(N)=N4)s2)c1. The van der Waals surface area contributed by atoms with E-state index in [1.165, 1.54) is 17.0 Å². The number of pyridine rings is 1. The van der Waals surface area contributed by atoms with Gasteiger partial charge in [0.1, 0.15) is 11.4 Å². The van der Waals surface area contributed by atoms with Crippen LogP contribution in [0.2, 0.25) is 0 Å². The minimum Gasteiger partial charge on any atom is -0.369 e. The summed E-state index contributed by atoms with van der Waals surface area (Å²) in [5, 5.41) is 0. The number of benzene rings is 1. The summed E-state index contributed by atoms with van der Waals surface area (Å²) in [5.74, 6) is 2.01. The van der Waals surface area contributed by atoms with Gasteiger partial charge in [0.15, 0.2) is 5.96 Å². The molecule has 0 spiro atoms. The zero-order valence-electron chi connectivity index (χ0n) is 17.3. The Morgan fingerprint density at radius 2 is 2.03 bits per heavy atom. The first-order valence-electron chi connectivity index (χ1n) is 10.1. The second kappa shape index (κ2) is 7.46. The fourth-order valence-electron chi connectivity index (χ4n) is 4.39. The Balaban J connectivity index is 1.59. The molecule has 3 aromatic rings. The molecule has 0 unspecified atom stereocenters. The maximum Gasteiger partial charge on any atom is 0.236 e. The van der Waals surface area contributed by atoms with Gasteiger partial charge >= 0.3 is 0 Å². The Kier molecular flexibility index (Phi) is 4.72. The van der Waals surface area contributed by atoms with Gasteiger partial charge in [-0.05, 0) is 42.5 Å². The lowest BCUT2D eigenvalue weighted by Gasteiger charge is -2.36.